The highest BCUT2D eigenvalue weighted by molar-refractivity contribution is 5.39. The predicted molar refractivity (Wildman–Crippen MR) is 88.9 cm³/mol. The van der Waals surface area contributed by atoms with Gasteiger partial charge in [0.05, 0.1) is 30.3 Å². The average Bonchev–Trinajstić information content (AvgIpc) is 3.11. The van der Waals surface area contributed by atoms with E-state index in [-0.39, 0.29) is 0 Å². The van der Waals surface area contributed by atoms with Gasteiger partial charge in [0.15, 0.2) is 0 Å². The van der Waals surface area contributed by atoms with E-state index in [4.69, 9.17) is 9.47 Å². The van der Waals surface area contributed by atoms with Crippen molar-refractivity contribution in [2.24, 2.45) is 0 Å². The first-order valence-electron chi connectivity index (χ1n) is 7.41. The zero-order chi connectivity index (χ0) is 16.6. The summed E-state index contributed by atoms with van der Waals surface area (Å²) in [6.07, 6.45) is 6.97. The Bertz CT molecular complexity index is 833. The van der Waals surface area contributed by atoms with E-state index < -0.39 is 0 Å². The van der Waals surface area contributed by atoms with Crippen LogP contribution in [0.4, 0.5) is 0 Å². The molecular formula is C18H16N4O2. The monoisotopic (exact) mass is 320 g/mol. The zero-order valence-corrected chi connectivity index (χ0v) is 13.2. The van der Waals surface area contributed by atoms with Crippen molar-refractivity contribution in [2.75, 3.05) is 20.3 Å². The summed E-state index contributed by atoms with van der Waals surface area (Å²) in [6.45, 7) is 0.999. The third kappa shape index (κ3) is 4.18. The second kappa shape index (κ2) is 7.90. The summed E-state index contributed by atoms with van der Waals surface area (Å²) in [7, 11) is 1.63. The molecule has 3 aromatic rings. The normalized spacial score (nSPS) is 10.0. The number of rotatable bonds is 5. The Labute approximate surface area is 140 Å². The molecule has 6 nitrogen and oxygen atoms in total. The number of hydrogen-bond acceptors (Lipinski definition) is 5. The van der Waals surface area contributed by atoms with Gasteiger partial charge in [-0.15, -0.1) is 0 Å². The van der Waals surface area contributed by atoms with Crippen LogP contribution in [0.25, 0.3) is 5.69 Å². The maximum atomic E-state index is 5.43. The van der Waals surface area contributed by atoms with Gasteiger partial charge in [0.2, 0.25) is 5.88 Å². The summed E-state index contributed by atoms with van der Waals surface area (Å²) in [5.74, 6) is 6.60. The molecule has 0 fully saturated rings. The fourth-order valence-corrected chi connectivity index (χ4v) is 1.92. The molecule has 3 aromatic heterocycles. The SMILES string of the molecule is COCCOc1ccc(-n2cc(C#Cc3ccccn3)cn2)cn1. The first-order chi connectivity index (χ1) is 11.8. The van der Waals surface area contributed by atoms with E-state index in [9.17, 15) is 0 Å². The maximum absolute atomic E-state index is 5.43. The molecule has 0 aliphatic heterocycles. The molecule has 0 aliphatic carbocycles. The molecule has 0 bridgehead atoms. The molecular weight excluding hydrogens is 304 g/mol. The Kier molecular flexibility index (Phi) is 5.17. The number of ether oxygens (including phenoxy) is 2. The molecule has 24 heavy (non-hydrogen) atoms. The van der Waals surface area contributed by atoms with Crippen LogP contribution in [0.2, 0.25) is 0 Å². The number of nitrogens with zero attached hydrogens (tertiary/aromatic N) is 4. The van der Waals surface area contributed by atoms with Crippen LogP contribution in [0, 0.1) is 11.8 Å². The number of methoxy groups -OCH3 is 1. The Morgan fingerprint density at radius 3 is 2.75 bits per heavy atom. The fourth-order valence-electron chi connectivity index (χ4n) is 1.92. The molecule has 3 rings (SSSR count). The summed E-state index contributed by atoms with van der Waals surface area (Å²) < 4.78 is 12.1. The van der Waals surface area contributed by atoms with Crippen molar-refractivity contribution in [3.05, 3.63) is 66.4 Å². The molecule has 0 unspecified atom stereocenters. The van der Waals surface area contributed by atoms with Crippen LogP contribution in [0.3, 0.4) is 0 Å². The van der Waals surface area contributed by atoms with Crippen molar-refractivity contribution in [1.29, 1.82) is 0 Å². The Hall–Kier alpha value is -3.17. The van der Waals surface area contributed by atoms with Gasteiger partial charge in [-0.3, -0.25) is 0 Å². The molecule has 120 valence electrons. The van der Waals surface area contributed by atoms with Crippen LogP contribution >= 0.6 is 0 Å². The van der Waals surface area contributed by atoms with Gasteiger partial charge >= 0.3 is 0 Å². The fraction of sp³-hybridized carbons (Fsp3) is 0.167. The van der Waals surface area contributed by atoms with Gasteiger partial charge in [0.25, 0.3) is 0 Å². The van der Waals surface area contributed by atoms with Crippen molar-refractivity contribution < 1.29 is 9.47 Å². The summed E-state index contributed by atoms with van der Waals surface area (Å²) in [5, 5.41) is 4.30. The van der Waals surface area contributed by atoms with Crippen LogP contribution in [0.15, 0.2) is 55.1 Å². The third-order valence-electron chi connectivity index (χ3n) is 3.11. The highest BCUT2D eigenvalue weighted by atomic mass is 16.5. The summed E-state index contributed by atoms with van der Waals surface area (Å²) in [6, 6.07) is 9.31. The minimum absolute atomic E-state index is 0.470. The van der Waals surface area contributed by atoms with E-state index in [1.165, 1.54) is 0 Å². The highest BCUT2D eigenvalue weighted by Crippen LogP contribution is 2.11. The van der Waals surface area contributed by atoms with E-state index in [2.05, 4.69) is 26.9 Å². The van der Waals surface area contributed by atoms with E-state index in [1.807, 2.05) is 30.5 Å². The molecule has 0 atom stereocenters. The predicted octanol–water partition coefficient (Wildman–Crippen LogP) is 2.09. The quantitative estimate of drug-likeness (QED) is 0.532. The smallest absolute Gasteiger partial charge is 0.213 e. The number of aromatic nitrogens is 4. The summed E-state index contributed by atoms with van der Waals surface area (Å²) in [4.78, 5) is 8.41. The molecule has 0 spiro atoms. The lowest BCUT2D eigenvalue weighted by atomic mass is 10.3. The minimum atomic E-state index is 0.470. The molecule has 3 heterocycles. The minimum Gasteiger partial charge on any atom is -0.475 e. The van der Waals surface area contributed by atoms with Crippen molar-refractivity contribution >= 4 is 0 Å². The lowest BCUT2D eigenvalue weighted by molar-refractivity contribution is 0.144. The van der Waals surface area contributed by atoms with Gasteiger partial charge in [0, 0.05) is 25.6 Å². The molecule has 0 aromatic carbocycles. The zero-order valence-electron chi connectivity index (χ0n) is 13.2. The lowest BCUT2D eigenvalue weighted by Gasteiger charge is -2.05. The second-order valence-corrected chi connectivity index (χ2v) is 4.83. The van der Waals surface area contributed by atoms with Gasteiger partial charge in [-0.05, 0) is 24.1 Å². The standard InChI is InChI=1S/C18H16N4O2/c1-23-10-11-24-18-8-7-17(13-20-18)22-14-15(12-21-22)5-6-16-4-2-3-9-19-16/h2-4,7-9,12-14H,10-11H2,1H3. The number of pyridine rings is 2. The third-order valence-corrected chi connectivity index (χ3v) is 3.11. The Balaban J connectivity index is 1.68. The van der Waals surface area contributed by atoms with Gasteiger partial charge in [-0.25, -0.2) is 14.6 Å². The van der Waals surface area contributed by atoms with Crippen LogP contribution in [-0.4, -0.2) is 40.1 Å². The molecule has 0 saturated heterocycles. The van der Waals surface area contributed by atoms with Crippen molar-refractivity contribution in [3.63, 3.8) is 0 Å². The first-order valence-corrected chi connectivity index (χ1v) is 7.41. The second-order valence-electron chi connectivity index (χ2n) is 4.83. The van der Waals surface area contributed by atoms with Crippen LogP contribution in [0.1, 0.15) is 11.3 Å². The van der Waals surface area contributed by atoms with E-state index in [0.29, 0.717) is 19.1 Å². The molecule has 0 saturated carbocycles. The van der Waals surface area contributed by atoms with E-state index in [1.54, 1.807) is 36.4 Å². The van der Waals surface area contributed by atoms with Crippen LogP contribution < -0.4 is 4.74 Å². The van der Waals surface area contributed by atoms with Crippen LogP contribution in [0.5, 0.6) is 5.88 Å². The van der Waals surface area contributed by atoms with Gasteiger partial charge in [0.1, 0.15) is 12.3 Å². The highest BCUT2D eigenvalue weighted by Gasteiger charge is 2.01. The Morgan fingerprint density at radius 1 is 1.04 bits per heavy atom. The molecule has 0 N–H and O–H groups in total. The molecule has 0 aliphatic rings. The molecule has 0 radical (unpaired) electrons. The van der Waals surface area contributed by atoms with Crippen LogP contribution in [-0.2, 0) is 4.74 Å². The summed E-state index contributed by atoms with van der Waals surface area (Å²) in [5.41, 5.74) is 2.37. The van der Waals surface area contributed by atoms with Crippen molar-refractivity contribution in [2.45, 2.75) is 0 Å². The average molecular weight is 320 g/mol. The largest absolute Gasteiger partial charge is 0.475 e. The first kappa shape index (κ1) is 15.7. The molecule has 0 amide bonds. The van der Waals surface area contributed by atoms with Gasteiger partial charge in [-0.2, -0.15) is 5.10 Å². The topological polar surface area (TPSA) is 62.1 Å². The molecule has 6 heteroatoms. The number of hydrogen-bond donors (Lipinski definition) is 0. The summed E-state index contributed by atoms with van der Waals surface area (Å²) >= 11 is 0. The van der Waals surface area contributed by atoms with Gasteiger partial charge in [-0.1, -0.05) is 12.0 Å². The van der Waals surface area contributed by atoms with Gasteiger partial charge < -0.3 is 9.47 Å². The lowest BCUT2D eigenvalue weighted by Crippen LogP contribution is -2.05. The van der Waals surface area contributed by atoms with Crippen molar-refractivity contribution in [1.82, 2.24) is 19.7 Å². The Morgan fingerprint density at radius 2 is 2.00 bits per heavy atom. The van der Waals surface area contributed by atoms with E-state index >= 15 is 0 Å². The maximum Gasteiger partial charge on any atom is 0.213 e. The van der Waals surface area contributed by atoms with E-state index in [0.717, 1.165) is 16.9 Å². The van der Waals surface area contributed by atoms with Crippen molar-refractivity contribution in [3.8, 4) is 23.4 Å².